The highest BCUT2D eigenvalue weighted by Crippen LogP contribution is 2.52. The highest BCUT2D eigenvalue weighted by Gasteiger charge is 2.40. The Morgan fingerprint density at radius 2 is 1.63 bits per heavy atom. The lowest BCUT2D eigenvalue weighted by Crippen LogP contribution is -2.22. The van der Waals surface area contributed by atoms with Crippen LogP contribution in [0, 0.1) is 0 Å². The third-order valence-corrected chi connectivity index (χ3v) is 6.87. The maximum atomic E-state index is 13.6. The molecule has 0 saturated heterocycles. The summed E-state index contributed by atoms with van der Waals surface area (Å²) in [6.45, 7) is 6.04. The Hall–Kier alpha value is -4.92. The minimum Gasteiger partial charge on any atom is -0.493 e. The number of Topliss-reactive ketones (excluding diaryl/α,β-unsaturated/α-hetero) is 1. The lowest BCUT2D eigenvalue weighted by atomic mass is 9.84. The smallest absolute Gasteiger partial charge is 0.312 e. The fraction of sp³-hybridized carbons (Fsp3) is 0.250. The number of para-hydroxylation sites is 1. The number of fused-ring (bicyclic) bond motifs is 3. The molecule has 9 nitrogen and oxygen atoms in total. The van der Waals surface area contributed by atoms with E-state index in [1.807, 2.05) is 19.1 Å². The van der Waals surface area contributed by atoms with Gasteiger partial charge < -0.3 is 33.2 Å². The molecule has 5 rings (SSSR count). The molecule has 9 heteroatoms. The van der Waals surface area contributed by atoms with Gasteiger partial charge in [-0.1, -0.05) is 18.7 Å². The molecule has 0 N–H and O–H groups in total. The van der Waals surface area contributed by atoms with Gasteiger partial charge in [0.25, 0.3) is 0 Å². The number of rotatable bonds is 9. The summed E-state index contributed by atoms with van der Waals surface area (Å²) in [5.74, 6) is 1.71. The minimum absolute atomic E-state index is 0.0140. The molecule has 0 aromatic heterocycles. The summed E-state index contributed by atoms with van der Waals surface area (Å²) in [7, 11) is 6.08. The van der Waals surface area contributed by atoms with E-state index < -0.39 is 11.9 Å². The second-order valence-corrected chi connectivity index (χ2v) is 9.57. The number of allylic oxidation sites excluding steroid dienone is 1. The van der Waals surface area contributed by atoms with Crippen molar-refractivity contribution in [2.45, 2.75) is 19.3 Å². The average molecular weight is 559 g/mol. The van der Waals surface area contributed by atoms with Gasteiger partial charge in [-0.2, -0.15) is 0 Å². The fourth-order valence-electron chi connectivity index (χ4n) is 5.07. The van der Waals surface area contributed by atoms with E-state index in [-0.39, 0.29) is 24.6 Å². The van der Waals surface area contributed by atoms with Gasteiger partial charge in [0.05, 0.1) is 40.4 Å². The van der Waals surface area contributed by atoms with E-state index in [2.05, 4.69) is 6.58 Å². The van der Waals surface area contributed by atoms with Gasteiger partial charge in [0.15, 0.2) is 28.8 Å². The topological polar surface area (TPSA) is 98.8 Å². The number of esters is 1. The Bertz CT molecular complexity index is 1580. The fourth-order valence-corrected chi connectivity index (χ4v) is 5.07. The standard InChI is InChI=1S/C32H30O9/c1-17(2)16-39-30-19(8-7-9-23(30)35-3)21-15-26(33)40-22-13-11-20-28(34)25(41-31(20)27(21)22)14-18-10-12-24(36-4)32(38-6)29(18)37-5/h7-14,21H,1,15-16H2,2-6H3. The molecular formula is C32H30O9. The van der Waals surface area contributed by atoms with Gasteiger partial charge >= 0.3 is 5.97 Å². The normalized spacial score (nSPS) is 16.3. The number of hydrogen-bond acceptors (Lipinski definition) is 9. The summed E-state index contributed by atoms with van der Waals surface area (Å²) in [6.07, 6.45) is 1.60. The van der Waals surface area contributed by atoms with Gasteiger partial charge in [0.1, 0.15) is 18.1 Å². The molecule has 3 aromatic rings. The van der Waals surface area contributed by atoms with E-state index >= 15 is 0 Å². The molecule has 0 fully saturated rings. The number of benzene rings is 3. The molecule has 2 aliphatic rings. The molecule has 212 valence electrons. The molecule has 0 amide bonds. The third-order valence-electron chi connectivity index (χ3n) is 6.87. The van der Waals surface area contributed by atoms with Gasteiger partial charge in [0, 0.05) is 22.6 Å². The van der Waals surface area contributed by atoms with Crippen LogP contribution in [0.3, 0.4) is 0 Å². The molecule has 0 saturated carbocycles. The highest BCUT2D eigenvalue weighted by molar-refractivity contribution is 6.15. The van der Waals surface area contributed by atoms with Crippen LogP contribution in [-0.4, -0.2) is 46.8 Å². The van der Waals surface area contributed by atoms with E-state index in [0.29, 0.717) is 62.5 Å². The van der Waals surface area contributed by atoms with Crippen LogP contribution in [-0.2, 0) is 4.79 Å². The van der Waals surface area contributed by atoms with Crippen molar-refractivity contribution in [2.24, 2.45) is 0 Å². The van der Waals surface area contributed by atoms with Gasteiger partial charge in [-0.15, -0.1) is 0 Å². The maximum absolute atomic E-state index is 13.6. The first kappa shape index (κ1) is 27.6. The lowest BCUT2D eigenvalue weighted by molar-refractivity contribution is -0.135. The van der Waals surface area contributed by atoms with Gasteiger partial charge in [-0.25, -0.2) is 0 Å². The summed E-state index contributed by atoms with van der Waals surface area (Å²) in [6, 6.07) is 12.2. The predicted molar refractivity (Wildman–Crippen MR) is 151 cm³/mol. The lowest BCUT2D eigenvalue weighted by Gasteiger charge is -2.28. The zero-order chi connectivity index (χ0) is 29.3. The van der Waals surface area contributed by atoms with Crippen molar-refractivity contribution in [3.63, 3.8) is 0 Å². The van der Waals surface area contributed by atoms with Crippen molar-refractivity contribution in [1.29, 1.82) is 0 Å². The van der Waals surface area contributed by atoms with E-state index in [9.17, 15) is 9.59 Å². The van der Waals surface area contributed by atoms with Crippen LogP contribution in [0.1, 0.15) is 46.3 Å². The third kappa shape index (κ3) is 4.95. The SMILES string of the molecule is C=C(C)COc1c(OC)cccc1C1CC(=O)Oc2ccc3c(c21)OC(=Cc1ccc(OC)c(OC)c1OC)C3=O. The van der Waals surface area contributed by atoms with Crippen LogP contribution in [0.15, 0.2) is 60.4 Å². The number of methoxy groups -OCH3 is 4. The summed E-state index contributed by atoms with van der Waals surface area (Å²) >= 11 is 0. The molecule has 0 bridgehead atoms. The number of hydrogen-bond donors (Lipinski definition) is 0. The second kappa shape index (κ2) is 11.3. The second-order valence-electron chi connectivity index (χ2n) is 9.57. The van der Waals surface area contributed by atoms with E-state index in [0.717, 1.165) is 5.57 Å². The van der Waals surface area contributed by atoms with Crippen LogP contribution >= 0.6 is 0 Å². The maximum Gasteiger partial charge on any atom is 0.312 e. The van der Waals surface area contributed by atoms with E-state index in [4.69, 9.17) is 33.2 Å². The average Bonchev–Trinajstić information content (AvgIpc) is 3.29. The minimum atomic E-state index is -0.529. The van der Waals surface area contributed by atoms with Gasteiger partial charge in [-0.05, 0) is 48.9 Å². The molecule has 0 aliphatic carbocycles. The van der Waals surface area contributed by atoms with Crippen LogP contribution in [0.2, 0.25) is 0 Å². The van der Waals surface area contributed by atoms with Crippen molar-refractivity contribution in [1.82, 2.24) is 0 Å². The Morgan fingerprint density at radius 3 is 2.32 bits per heavy atom. The Balaban J connectivity index is 1.63. The monoisotopic (exact) mass is 558 g/mol. The number of carbonyl (C=O) groups excluding carboxylic acids is 2. The molecule has 0 spiro atoms. The first-order valence-corrected chi connectivity index (χ1v) is 12.9. The highest BCUT2D eigenvalue weighted by atomic mass is 16.5. The number of ketones is 1. The van der Waals surface area contributed by atoms with Crippen molar-refractivity contribution >= 4 is 17.8 Å². The summed E-state index contributed by atoms with van der Waals surface area (Å²) < 4.78 is 39.9. The Kier molecular flexibility index (Phi) is 7.61. The van der Waals surface area contributed by atoms with Crippen molar-refractivity contribution in [3.8, 4) is 40.2 Å². The number of carbonyl (C=O) groups is 2. The number of ether oxygens (including phenoxy) is 7. The Labute approximate surface area is 237 Å². The first-order chi connectivity index (χ1) is 19.8. The summed E-state index contributed by atoms with van der Waals surface area (Å²) in [4.78, 5) is 26.3. The molecule has 0 radical (unpaired) electrons. The van der Waals surface area contributed by atoms with E-state index in [1.165, 1.54) is 21.3 Å². The molecule has 1 atom stereocenters. The summed E-state index contributed by atoms with van der Waals surface area (Å²) in [5, 5.41) is 0. The summed E-state index contributed by atoms with van der Waals surface area (Å²) in [5.41, 5.74) is 3.00. The van der Waals surface area contributed by atoms with Crippen LogP contribution in [0.5, 0.6) is 40.2 Å². The molecule has 1 unspecified atom stereocenters. The van der Waals surface area contributed by atoms with Crippen LogP contribution in [0.4, 0.5) is 0 Å². The predicted octanol–water partition coefficient (Wildman–Crippen LogP) is 5.73. The van der Waals surface area contributed by atoms with Crippen molar-refractivity contribution < 1.29 is 42.7 Å². The Morgan fingerprint density at radius 1 is 0.902 bits per heavy atom. The van der Waals surface area contributed by atoms with E-state index in [1.54, 1.807) is 43.5 Å². The quantitative estimate of drug-likeness (QED) is 0.141. The molecule has 3 aromatic carbocycles. The molecular weight excluding hydrogens is 528 g/mol. The molecule has 2 heterocycles. The van der Waals surface area contributed by atoms with Crippen molar-refractivity contribution in [3.05, 3.63) is 82.6 Å². The van der Waals surface area contributed by atoms with Gasteiger partial charge in [0.2, 0.25) is 11.5 Å². The first-order valence-electron chi connectivity index (χ1n) is 12.9. The zero-order valence-corrected chi connectivity index (χ0v) is 23.5. The van der Waals surface area contributed by atoms with Gasteiger partial charge in [-0.3, -0.25) is 9.59 Å². The molecule has 41 heavy (non-hydrogen) atoms. The largest absolute Gasteiger partial charge is 0.493 e. The van der Waals surface area contributed by atoms with Crippen LogP contribution < -0.4 is 33.2 Å². The zero-order valence-electron chi connectivity index (χ0n) is 23.5. The van der Waals surface area contributed by atoms with Crippen LogP contribution in [0.25, 0.3) is 6.08 Å². The molecule has 2 aliphatic heterocycles. The van der Waals surface area contributed by atoms with Crippen molar-refractivity contribution in [2.75, 3.05) is 35.0 Å².